The van der Waals surface area contributed by atoms with Crippen LogP contribution in [-0.4, -0.2) is 23.1 Å². The number of rotatable bonds is 2. The lowest BCUT2D eigenvalue weighted by Crippen LogP contribution is -2.08. The Bertz CT molecular complexity index is 498. The van der Waals surface area contributed by atoms with E-state index in [1.807, 2.05) is 6.20 Å². The van der Waals surface area contributed by atoms with Gasteiger partial charge in [-0.1, -0.05) is 0 Å². The van der Waals surface area contributed by atoms with Crippen LogP contribution in [0.2, 0.25) is 0 Å². The summed E-state index contributed by atoms with van der Waals surface area (Å²) in [6.07, 6.45) is 2.94. The number of H-pyrrole nitrogens is 1. The van der Waals surface area contributed by atoms with Gasteiger partial charge in [0.05, 0.1) is 11.9 Å². The fraction of sp³-hybridized carbons (Fsp3) is 0.308. The topological polar surface area (TPSA) is 40.7 Å². The van der Waals surface area contributed by atoms with E-state index in [1.165, 1.54) is 12.1 Å². The number of aromatic amines is 1. The zero-order valence-electron chi connectivity index (χ0n) is 9.41. The third kappa shape index (κ3) is 2.08. The molecule has 2 heterocycles. The summed E-state index contributed by atoms with van der Waals surface area (Å²) in [7, 11) is 0. The molecule has 0 bridgehead atoms. The van der Waals surface area contributed by atoms with E-state index in [-0.39, 0.29) is 5.82 Å². The molecule has 0 saturated carbocycles. The molecule has 1 atom stereocenters. The van der Waals surface area contributed by atoms with Crippen molar-refractivity contribution in [1.82, 2.24) is 15.3 Å². The minimum absolute atomic E-state index is 0.214. The molecular weight excluding hydrogens is 217 g/mol. The highest BCUT2D eigenvalue weighted by molar-refractivity contribution is 5.58. The fourth-order valence-corrected chi connectivity index (χ4v) is 2.21. The van der Waals surface area contributed by atoms with Gasteiger partial charge in [-0.15, -0.1) is 0 Å². The summed E-state index contributed by atoms with van der Waals surface area (Å²) in [6.45, 7) is 2.04. The molecule has 2 aromatic rings. The first-order valence-electron chi connectivity index (χ1n) is 5.84. The molecule has 3 rings (SSSR count). The predicted molar refractivity (Wildman–Crippen MR) is 64.2 cm³/mol. The lowest BCUT2D eigenvalue weighted by atomic mass is 10.1. The summed E-state index contributed by atoms with van der Waals surface area (Å²) in [6, 6.07) is 6.46. The predicted octanol–water partition coefficient (Wildman–Crippen LogP) is 2.29. The van der Waals surface area contributed by atoms with Crippen molar-refractivity contribution in [3.8, 4) is 11.3 Å². The minimum atomic E-state index is -0.214. The number of halogens is 1. The molecule has 1 fully saturated rings. The van der Waals surface area contributed by atoms with E-state index in [1.54, 1.807) is 12.1 Å². The number of imidazole rings is 1. The summed E-state index contributed by atoms with van der Waals surface area (Å²) in [5.74, 6) is 1.28. The number of aromatic nitrogens is 2. The van der Waals surface area contributed by atoms with Crippen LogP contribution in [0.3, 0.4) is 0 Å². The lowest BCUT2D eigenvalue weighted by Gasteiger charge is -2.03. The Morgan fingerprint density at radius 2 is 2.06 bits per heavy atom. The SMILES string of the molecule is Fc1ccc(-c2cnc(C3CCNC3)[nH]2)cc1. The smallest absolute Gasteiger partial charge is 0.123 e. The molecule has 4 heteroatoms. The molecule has 88 valence electrons. The Labute approximate surface area is 99.1 Å². The van der Waals surface area contributed by atoms with Crippen molar-refractivity contribution in [3.05, 3.63) is 42.1 Å². The Morgan fingerprint density at radius 3 is 2.76 bits per heavy atom. The van der Waals surface area contributed by atoms with Crippen molar-refractivity contribution >= 4 is 0 Å². The largest absolute Gasteiger partial charge is 0.342 e. The zero-order valence-corrected chi connectivity index (χ0v) is 9.41. The molecule has 1 saturated heterocycles. The van der Waals surface area contributed by atoms with Gasteiger partial charge in [-0.25, -0.2) is 9.37 Å². The highest BCUT2D eigenvalue weighted by Crippen LogP contribution is 2.23. The van der Waals surface area contributed by atoms with Gasteiger partial charge in [0.1, 0.15) is 11.6 Å². The number of nitrogens with one attached hydrogen (secondary N) is 2. The van der Waals surface area contributed by atoms with Crippen LogP contribution >= 0.6 is 0 Å². The van der Waals surface area contributed by atoms with Gasteiger partial charge in [-0.2, -0.15) is 0 Å². The molecule has 1 aliphatic rings. The molecule has 0 spiro atoms. The van der Waals surface area contributed by atoms with Crippen LogP contribution in [0.25, 0.3) is 11.3 Å². The average Bonchev–Trinajstić information content (AvgIpc) is 3.00. The van der Waals surface area contributed by atoms with Crippen LogP contribution in [0.4, 0.5) is 4.39 Å². The van der Waals surface area contributed by atoms with Gasteiger partial charge < -0.3 is 10.3 Å². The summed E-state index contributed by atoms with van der Waals surface area (Å²) >= 11 is 0. The maximum absolute atomic E-state index is 12.8. The number of hydrogen-bond acceptors (Lipinski definition) is 2. The first kappa shape index (κ1) is 10.5. The van der Waals surface area contributed by atoms with E-state index in [0.717, 1.165) is 36.6 Å². The number of benzene rings is 1. The highest BCUT2D eigenvalue weighted by atomic mass is 19.1. The van der Waals surface area contributed by atoms with Crippen molar-refractivity contribution in [3.63, 3.8) is 0 Å². The third-order valence-corrected chi connectivity index (χ3v) is 3.20. The van der Waals surface area contributed by atoms with Crippen molar-refractivity contribution < 1.29 is 4.39 Å². The van der Waals surface area contributed by atoms with Crippen LogP contribution in [0.5, 0.6) is 0 Å². The van der Waals surface area contributed by atoms with Crippen LogP contribution in [0.1, 0.15) is 18.2 Å². The standard InChI is InChI=1S/C13H14FN3/c14-11-3-1-9(2-4-11)12-8-16-13(17-12)10-5-6-15-7-10/h1-4,8,10,15H,5-7H2,(H,16,17). The van der Waals surface area contributed by atoms with Gasteiger partial charge in [0, 0.05) is 12.5 Å². The third-order valence-electron chi connectivity index (χ3n) is 3.20. The van der Waals surface area contributed by atoms with Crippen molar-refractivity contribution in [2.75, 3.05) is 13.1 Å². The van der Waals surface area contributed by atoms with E-state index in [0.29, 0.717) is 5.92 Å². The van der Waals surface area contributed by atoms with Gasteiger partial charge in [0.15, 0.2) is 0 Å². The average molecular weight is 231 g/mol. The molecule has 17 heavy (non-hydrogen) atoms. The molecule has 1 aromatic carbocycles. The van der Waals surface area contributed by atoms with E-state index < -0.39 is 0 Å². The first-order valence-corrected chi connectivity index (χ1v) is 5.84. The summed E-state index contributed by atoms with van der Waals surface area (Å²) < 4.78 is 12.8. The van der Waals surface area contributed by atoms with E-state index >= 15 is 0 Å². The first-order chi connectivity index (χ1) is 8.33. The molecule has 0 aliphatic carbocycles. The summed E-state index contributed by atoms with van der Waals surface area (Å²) in [5, 5.41) is 3.32. The Balaban J connectivity index is 1.86. The number of hydrogen-bond donors (Lipinski definition) is 2. The van der Waals surface area contributed by atoms with Crippen LogP contribution in [0, 0.1) is 5.82 Å². The Hall–Kier alpha value is -1.68. The van der Waals surface area contributed by atoms with Crippen molar-refractivity contribution in [2.45, 2.75) is 12.3 Å². The highest BCUT2D eigenvalue weighted by Gasteiger charge is 2.19. The number of nitrogens with zero attached hydrogens (tertiary/aromatic N) is 1. The monoisotopic (exact) mass is 231 g/mol. The molecular formula is C13H14FN3. The second-order valence-corrected chi connectivity index (χ2v) is 4.38. The fourth-order valence-electron chi connectivity index (χ4n) is 2.21. The zero-order chi connectivity index (χ0) is 11.7. The van der Waals surface area contributed by atoms with Gasteiger partial charge in [-0.3, -0.25) is 0 Å². The molecule has 1 aliphatic heterocycles. The summed E-state index contributed by atoms with van der Waals surface area (Å²) in [4.78, 5) is 7.72. The van der Waals surface area contributed by atoms with Gasteiger partial charge in [0.2, 0.25) is 0 Å². The second kappa shape index (κ2) is 4.30. The van der Waals surface area contributed by atoms with Crippen LogP contribution in [-0.2, 0) is 0 Å². The molecule has 1 unspecified atom stereocenters. The summed E-state index contributed by atoms with van der Waals surface area (Å²) in [5.41, 5.74) is 1.92. The molecule has 0 radical (unpaired) electrons. The van der Waals surface area contributed by atoms with E-state index in [4.69, 9.17) is 0 Å². The quantitative estimate of drug-likeness (QED) is 0.832. The molecule has 1 aromatic heterocycles. The van der Waals surface area contributed by atoms with Crippen molar-refractivity contribution in [1.29, 1.82) is 0 Å². The van der Waals surface area contributed by atoms with Gasteiger partial charge in [-0.05, 0) is 42.8 Å². The normalized spacial score (nSPS) is 19.7. The van der Waals surface area contributed by atoms with Gasteiger partial charge >= 0.3 is 0 Å². The Kier molecular flexibility index (Phi) is 2.65. The van der Waals surface area contributed by atoms with Crippen LogP contribution < -0.4 is 5.32 Å². The maximum Gasteiger partial charge on any atom is 0.123 e. The Morgan fingerprint density at radius 1 is 1.24 bits per heavy atom. The minimum Gasteiger partial charge on any atom is -0.342 e. The van der Waals surface area contributed by atoms with Crippen molar-refractivity contribution in [2.24, 2.45) is 0 Å². The van der Waals surface area contributed by atoms with Crippen LogP contribution in [0.15, 0.2) is 30.5 Å². The molecule has 2 N–H and O–H groups in total. The molecule has 3 nitrogen and oxygen atoms in total. The lowest BCUT2D eigenvalue weighted by molar-refractivity contribution is 0.628. The van der Waals surface area contributed by atoms with E-state index in [9.17, 15) is 4.39 Å². The maximum atomic E-state index is 12.8. The van der Waals surface area contributed by atoms with Gasteiger partial charge in [0.25, 0.3) is 0 Å². The van der Waals surface area contributed by atoms with E-state index in [2.05, 4.69) is 15.3 Å². The second-order valence-electron chi connectivity index (χ2n) is 4.38. The molecule has 0 amide bonds.